The summed E-state index contributed by atoms with van der Waals surface area (Å²) in [7, 11) is 0. The molecule has 1 N–H and O–H groups in total. The topological polar surface area (TPSA) is 21.3 Å². The predicted octanol–water partition coefficient (Wildman–Crippen LogP) is 4.52. The first-order chi connectivity index (χ1) is 9.38. The summed E-state index contributed by atoms with van der Waals surface area (Å²) >= 11 is 0. The molecule has 0 aliphatic heterocycles. The molecule has 0 radical (unpaired) electrons. The van der Waals surface area contributed by atoms with E-state index in [0.717, 1.165) is 24.8 Å². The summed E-state index contributed by atoms with van der Waals surface area (Å²) in [6.07, 6.45) is 1.42. The number of hydrogen-bond donors (Lipinski definition) is 1. The fourth-order valence-corrected chi connectivity index (χ4v) is 2.15. The maximum absolute atomic E-state index is 6.03. The first-order valence-electron chi connectivity index (χ1n) is 7.87. The zero-order valence-electron chi connectivity index (χ0n) is 14.0. The highest BCUT2D eigenvalue weighted by Gasteiger charge is 2.07. The molecule has 0 spiro atoms. The minimum absolute atomic E-state index is 0.198. The Kier molecular flexibility index (Phi) is 7.08. The summed E-state index contributed by atoms with van der Waals surface area (Å²) in [6, 6.07) is 6.53. The first-order valence-corrected chi connectivity index (χ1v) is 7.87. The molecule has 2 heteroatoms. The van der Waals surface area contributed by atoms with Crippen LogP contribution in [0.5, 0.6) is 5.75 Å². The average Bonchev–Trinajstić information content (AvgIpc) is 2.33. The molecule has 0 bridgehead atoms. The zero-order valence-corrected chi connectivity index (χ0v) is 14.0. The molecular formula is C18H31NO. The number of nitrogens with one attached hydrogen (secondary N) is 1. The second-order valence-corrected chi connectivity index (χ2v) is 6.55. The van der Waals surface area contributed by atoms with Crippen LogP contribution in [0.25, 0.3) is 0 Å². The van der Waals surface area contributed by atoms with Crippen molar-refractivity contribution in [3.8, 4) is 5.75 Å². The molecule has 2 nitrogen and oxygen atoms in total. The molecule has 1 rings (SSSR count). The second-order valence-electron chi connectivity index (χ2n) is 6.55. The smallest absolute Gasteiger partial charge is 0.120 e. The van der Waals surface area contributed by atoms with Crippen LogP contribution >= 0.6 is 0 Å². The lowest BCUT2D eigenvalue weighted by Crippen LogP contribution is -2.30. The lowest BCUT2D eigenvalue weighted by Gasteiger charge is -2.18. The number of hydrogen-bond acceptors (Lipinski definition) is 2. The molecule has 0 aliphatic rings. The monoisotopic (exact) mass is 277 g/mol. The van der Waals surface area contributed by atoms with Crippen molar-refractivity contribution in [2.24, 2.45) is 5.92 Å². The molecule has 1 atom stereocenters. The van der Waals surface area contributed by atoms with Gasteiger partial charge in [0.15, 0.2) is 0 Å². The van der Waals surface area contributed by atoms with Crippen molar-refractivity contribution in [2.45, 2.75) is 60.0 Å². The van der Waals surface area contributed by atoms with Crippen LogP contribution in [0, 0.1) is 12.8 Å². The average molecular weight is 277 g/mol. The van der Waals surface area contributed by atoms with Crippen molar-refractivity contribution < 1.29 is 4.74 Å². The van der Waals surface area contributed by atoms with E-state index in [-0.39, 0.29) is 6.10 Å². The summed E-state index contributed by atoms with van der Waals surface area (Å²) < 4.78 is 6.03. The molecule has 0 fully saturated rings. The molecule has 0 aromatic heterocycles. The SMILES string of the molecule is Cc1cc(OC(C)CNCCC(C)C)cc(C(C)C)c1. The van der Waals surface area contributed by atoms with Gasteiger partial charge in [-0.05, 0) is 61.9 Å². The Morgan fingerprint density at radius 2 is 1.75 bits per heavy atom. The molecule has 114 valence electrons. The van der Waals surface area contributed by atoms with E-state index in [0.29, 0.717) is 5.92 Å². The molecule has 1 aromatic carbocycles. The van der Waals surface area contributed by atoms with E-state index >= 15 is 0 Å². The van der Waals surface area contributed by atoms with Gasteiger partial charge in [-0.1, -0.05) is 33.8 Å². The van der Waals surface area contributed by atoms with Crippen LogP contribution in [0.15, 0.2) is 18.2 Å². The van der Waals surface area contributed by atoms with Gasteiger partial charge in [0.05, 0.1) is 0 Å². The molecule has 0 saturated carbocycles. The standard InChI is InChI=1S/C18H31NO/c1-13(2)7-8-19-12-16(6)20-18-10-15(5)9-17(11-18)14(3)4/h9-11,13-14,16,19H,7-8,12H2,1-6H3. The van der Waals surface area contributed by atoms with Gasteiger partial charge in [-0.15, -0.1) is 0 Å². The van der Waals surface area contributed by atoms with Gasteiger partial charge in [0, 0.05) is 6.54 Å². The van der Waals surface area contributed by atoms with Gasteiger partial charge in [-0.3, -0.25) is 0 Å². The van der Waals surface area contributed by atoms with Crippen molar-refractivity contribution in [1.82, 2.24) is 5.32 Å². The van der Waals surface area contributed by atoms with Crippen LogP contribution in [0.2, 0.25) is 0 Å². The minimum Gasteiger partial charge on any atom is -0.489 e. The van der Waals surface area contributed by atoms with E-state index in [1.807, 2.05) is 0 Å². The fraction of sp³-hybridized carbons (Fsp3) is 0.667. The van der Waals surface area contributed by atoms with Crippen molar-refractivity contribution in [2.75, 3.05) is 13.1 Å². The van der Waals surface area contributed by atoms with Crippen molar-refractivity contribution in [1.29, 1.82) is 0 Å². The summed E-state index contributed by atoms with van der Waals surface area (Å²) in [5.74, 6) is 2.28. The van der Waals surface area contributed by atoms with Crippen molar-refractivity contribution in [3.63, 3.8) is 0 Å². The Labute approximate surface area is 124 Å². The van der Waals surface area contributed by atoms with Crippen LogP contribution < -0.4 is 10.1 Å². The van der Waals surface area contributed by atoms with E-state index in [1.54, 1.807) is 0 Å². The maximum Gasteiger partial charge on any atom is 0.120 e. The van der Waals surface area contributed by atoms with Gasteiger partial charge in [0.25, 0.3) is 0 Å². The lowest BCUT2D eigenvalue weighted by molar-refractivity contribution is 0.216. The highest BCUT2D eigenvalue weighted by Crippen LogP contribution is 2.23. The molecule has 1 aromatic rings. The third-order valence-electron chi connectivity index (χ3n) is 3.41. The van der Waals surface area contributed by atoms with Crippen LogP contribution in [-0.4, -0.2) is 19.2 Å². The van der Waals surface area contributed by atoms with E-state index in [1.165, 1.54) is 17.5 Å². The zero-order chi connectivity index (χ0) is 15.1. The van der Waals surface area contributed by atoms with E-state index < -0.39 is 0 Å². The van der Waals surface area contributed by atoms with Gasteiger partial charge < -0.3 is 10.1 Å². The number of aryl methyl sites for hydroxylation is 1. The van der Waals surface area contributed by atoms with Gasteiger partial charge in [-0.25, -0.2) is 0 Å². The molecule has 0 heterocycles. The Hall–Kier alpha value is -1.02. The predicted molar refractivity (Wildman–Crippen MR) is 87.7 cm³/mol. The largest absolute Gasteiger partial charge is 0.489 e. The summed E-state index contributed by atoms with van der Waals surface area (Å²) in [5, 5.41) is 3.46. The van der Waals surface area contributed by atoms with E-state index in [2.05, 4.69) is 65.1 Å². The molecule has 1 unspecified atom stereocenters. The molecule has 20 heavy (non-hydrogen) atoms. The van der Waals surface area contributed by atoms with Crippen LogP contribution in [0.3, 0.4) is 0 Å². The highest BCUT2D eigenvalue weighted by atomic mass is 16.5. The van der Waals surface area contributed by atoms with Crippen molar-refractivity contribution in [3.05, 3.63) is 29.3 Å². The minimum atomic E-state index is 0.198. The number of ether oxygens (including phenoxy) is 1. The maximum atomic E-state index is 6.03. The molecule has 0 aliphatic carbocycles. The highest BCUT2D eigenvalue weighted by molar-refractivity contribution is 5.35. The summed E-state index contributed by atoms with van der Waals surface area (Å²) in [4.78, 5) is 0. The number of benzene rings is 1. The van der Waals surface area contributed by atoms with Gasteiger partial charge >= 0.3 is 0 Å². The quantitative estimate of drug-likeness (QED) is 0.705. The third-order valence-corrected chi connectivity index (χ3v) is 3.41. The van der Waals surface area contributed by atoms with Crippen LogP contribution in [0.4, 0.5) is 0 Å². The Morgan fingerprint density at radius 3 is 2.35 bits per heavy atom. The van der Waals surface area contributed by atoms with Gasteiger partial charge in [0.1, 0.15) is 11.9 Å². The van der Waals surface area contributed by atoms with E-state index in [9.17, 15) is 0 Å². The van der Waals surface area contributed by atoms with Crippen LogP contribution in [0.1, 0.15) is 58.1 Å². The van der Waals surface area contributed by atoms with Crippen LogP contribution in [-0.2, 0) is 0 Å². The van der Waals surface area contributed by atoms with Gasteiger partial charge in [-0.2, -0.15) is 0 Å². The normalized spacial score (nSPS) is 13.0. The fourth-order valence-electron chi connectivity index (χ4n) is 2.15. The third kappa shape index (κ3) is 6.42. The Balaban J connectivity index is 2.47. The number of rotatable bonds is 8. The van der Waals surface area contributed by atoms with Crippen molar-refractivity contribution >= 4 is 0 Å². The lowest BCUT2D eigenvalue weighted by atomic mass is 10.0. The second kappa shape index (κ2) is 8.31. The summed E-state index contributed by atoms with van der Waals surface area (Å²) in [5.41, 5.74) is 2.62. The first kappa shape index (κ1) is 17.0. The Morgan fingerprint density at radius 1 is 1.05 bits per heavy atom. The molecular weight excluding hydrogens is 246 g/mol. The van der Waals surface area contributed by atoms with Gasteiger partial charge in [0.2, 0.25) is 0 Å². The molecule has 0 amide bonds. The molecule has 0 saturated heterocycles. The van der Waals surface area contributed by atoms with E-state index in [4.69, 9.17) is 4.74 Å². The summed E-state index contributed by atoms with van der Waals surface area (Å²) in [6.45, 7) is 15.2. The Bertz CT molecular complexity index is 398.